The lowest BCUT2D eigenvalue weighted by Gasteiger charge is -2.11. The van der Waals surface area contributed by atoms with E-state index in [1.54, 1.807) is 19.2 Å². The second-order valence-corrected chi connectivity index (χ2v) is 4.65. The quantitative estimate of drug-likeness (QED) is 0.864. The van der Waals surface area contributed by atoms with Crippen molar-refractivity contribution < 1.29 is 15.2 Å². The number of hydrogen-bond donors (Lipinski definition) is 2. The zero-order chi connectivity index (χ0) is 13.7. The average molecular weight is 258 g/mol. The molecule has 0 bridgehead atoms. The Hall–Kier alpha value is -2.00. The molecule has 2 rings (SSSR count). The van der Waals surface area contributed by atoms with E-state index in [-0.39, 0.29) is 5.75 Å². The third kappa shape index (κ3) is 3.48. The molecule has 19 heavy (non-hydrogen) atoms. The van der Waals surface area contributed by atoms with E-state index in [0.717, 1.165) is 12.1 Å². The highest BCUT2D eigenvalue weighted by molar-refractivity contribution is 5.41. The summed E-state index contributed by atoms with van der Waals surface area (Å²) in [7, 11) is 1.55. The second kappa shape index (κ2) is 6.25. The first-order valence-corrected chi connectivity index (χ1v) is 6.45. The molecule has 0 spiro atoms. The third-order valence-corrected chi connectivity index (χ3v) is 3.28. The molecule has 2 aromatic rings. The van der Waals surface area contributed by atoms with E-state index in [0.29, 0.717) is 11.8 Å². The van der Waals surface area contributed by atoms with Gasteiger partial charge in [-0.3, -0.25) is 0 Å². The molecule has 3 heteroatoms. The molecule has 100 valence electrons. The molecular weight excluding hydrogens is 238 g/mol. The number of aromatic hydroxyl groups is 1. The highest BCUT2D eigenvalue weighted by Gasteiger charge is 2.09. The SMILES string of the molecule is COc1ccc(C[NH2+][C@H](C)c2ccccc2)cc1O. The first-order valence-electron chi connectivity index (χ1n) is 6.45. The summed E-state index contributed by atoms with van der Waals surface area (Å²) in [6.07, 6.45) is 0. The molecule has 0 aliphatic rings. The van der Waals surface area contributed by atoms with Gasteiger partial charge in [-0.05, 0) is 25.1 Å². The molecule has 1 atom stereocenters. The fourth-order valence-electron chi connectivity index (χ4n) is 2.07. The van der Waals surface area contributed by atoms with Crippen LogP contribution in [0.1, 0.15) is 24.1 Å². The minimum Gasteiger partial charge on any atom is -0.504 e. The molecule has 0 fully saturated rings. The fraction of sp³-hybridized carbons (Fsp3) is 0.250. The summed E-state index contributed by atoms with van der Waals surface area (Å²) < 4.78 is 5.03. The van der Waals surface area contributed by atoms with Gasteiger partial charge in [-0.25, -0.2) is 0 Å². The van der Waals surface area contributed by atoms with Crippen LogP contribution in [0.2, 0.25) is 0 Å². The summed E-state index contributed by atoms with van der Waals surface area (Å²) in [6, 6.07) is 16.3. The molecule has 3 nitrogen and oxygen atoms in total. The van der Waals surface area contributed by atoms with Crippen LogP contribution >= 0.6 is 0 Å². The van der Waals surface area contributed by atoms with Gasteiger partial charge in [0, 0.05) is 11.1 Å². The monoisotopic (exact) mass is 258 g/mol. The number of methoxy groups -OCH3 is 1. The van der Waals surface area contributed by atoms with Crippen molar-refractivity contribution in [3.05, 3.63) is 59.7 Å². The van der Waals surface area contributed by atoms with Gasteiger partial charge in [0.05, 0.1) is 7.11 Å². The molecule has 0 aliphatic carbocycles. The standard InChI is InChI=1S/C16H19NO2/c1-12(14-6-4-3-5-7-14)17-11-13-8-9-16(19-2)15(18)10-13/h3-10,12,17-18H,11H2,1-2H3/p+1/t12-/m1/s1. The van der Waals surface area contributed by atoms with Gasteiger partial charge in [-0.15, -0.1) is 0 Å². The summed E-state index contributed by atoms with van der Waals surface area (Å²) in [5.74, 6) is 0.709. The zero-order valence-corrected chi connectivity index (χ0v) is 11.3. The van der Waals surface area contributed by atoms with Crippen LogP contribution in [-0.2, 0) is 6.54 Å². The topological polar surface area (TPSA) is 46.1 Å². The maximum absolute atomic E-state index is 9.73. The molecule has 3 N–H and O–H groups in total. The van der Waals surface area contributed by atoms with Gasteiger partial charge >= 0.3 is 0 Å². The van der Waals surface area contributed by atoms with E-state index >= 15 is 0 Å². The largest absolute Gasteiger partial charge is 0.504 e. The van der Waals surface area contributed by atoms with Crippen LogP contribution in [0, 0.1) is 0 Å². The van der Waals surface area contributed by atoms with Gasteiger partial charge in [0.25, 0.3) is 0 Å². The van der Waals surface area contributed by atoms with Crippen LogP contribution in [0.5, 0.6) is 11.5 Å². The Balaban J connectivity index is 1.97. The maximum Gasteiger partial charge on any atom is 0.160 e. The van der Waals surface area contributed by atoms with Crippen molar-refractivity contribution in [2.75, 3.05) is 7.11 Å². The Labute approximate surface area is 113 Å². The van der Waals surface area contributed by atoms with Gasteiger partial charge in [-0.2, -0.15) is 0 Å². The molecular formula is C16H20NO2+. The Morgan fingerprint density at radius 3 is 2.53 bits per heavy atom. The average Bonchev–Trinajstić information content (AvgIpc) is 2.46. The van der Waals surface area contributed by atoms with E-state index < -0.39 is 0 Å². The highest BCUT2D eigenvalue weighted by atomic mass is 16.5. The maximum atomic E-state index is 9.73. The molecule has 0 unspecified atom stereocenters. The van der Waals surface area contributed by atoms with Gasteiger partial charge < -0.3 is 15.2 Å². The number of phenolic OH excluding ortho intramolecular Hbond substituents is 1. The van der Waals surface area contributed by atoms with E-state index in [1.165, 1.54) is 5.56 Å². The van der Waals surface area contributed by atoms with E-state index in [9.17, 15) is 5.11 Å². The summed E-state index contributed by atoms with van der Waals surface area (Å²) in [4.78, 5) is 0. The number of phenols is 1. The van der Waals surface area contributed by atoms with Crippen LogP contribution in [0.4, 0.5) is 0 Å². The predicted octanol–water partition coefficient (Wildman–Crippen LogP) is 2.23. The molecule has 0 saturated carbocycles. The lowest BCUT2D eigenvalue weighted by atomic mass is 10.1. The van der Waals surface area contributed by atoms with Gasteiger partial charge in [0.2, 0.25) is 0 Å². The third-order valence-electron chi connectivity index (χ3n) is 3.28. The van der Waals surface area contributed by atoms with Crippen LogP contribution in [0.25, 0.3) is 0 Å². The Morgan fingerprint density at radius 2 is 1.89 bits per heavy atom. The summed E-state index contributed by atoms with van der Waals surface area (Å²) in [5, 5.41) is 12.0. The number of benzene rings is 2. The van der Waals surface area contributed by atoms with Crippen molar-refractivity contribution in [2.45, 2.75) is 19.5 Å². The van der Waals surface area contributed by atoms with E-state index in [1.807, 2.05) is 12.1 Å². The fourth-order valence-corrected chi connectivity index (χ4v) is 2.07. The molecule has 0 radical (unpaired) electrons. The van der Waals surface area contributed by atoms with Gasteiger partial charge in [0.15, 0.2) is 11.5 Å². The minimum absolute atomic E-state index is 0.195. The van der Waals surface area contributed by atoms with Crippen LogP contribution in [0.15, 0.2) is 48.5 Å². The lowest BCUT2D eigenvalue weighted by molar-refractivity contribution is -0.707. The van der Waals surface area contributed by atoms with Crippen molar-refractivity contribution in [3.63, 3.8) is 0 Å². The van der Waals surface area contributed by atoms with E-state index in [2.05, 4.69) is 36.5 Å². The zero-order valence-electron chi connectivity index (χ0n) is 11.3. The van der Waals surface area contributed by atoms with Crippen LogP contribution < -0.4 is 10.1 Å². The number of ether oxygens (including phenoxy) is 1. The van der Waals surface area contributed by atoms with Crippen molar-refractivity contribution in [2.24, 2.45) is 0 Å². The number of quaternary nitrogens is 1. The van der Waals surface area contributed by atoms with Crippen LogP contribution in [0.3, 0.4) is 0 Å². The van der Waals surface area contributed by atoms with Crippen molar-refractivity contribution in [1.82, 2.24) is 0 Å². The molecule has 2 aromatic carbocycles. The van der Waals surface area contributed by atoms with Crippen LogP contribution in [-0.4, -0.2) is 12.2 Å². The molecule has 0 amide bonds. The summed E-state index contributed by atoms with van der Waals surface area (Å²) in [6.45, 7) is 3.01. The highest BCUT2D eigenvalue weighted by Crippen LogP contribution is 2.25. The summed E-state index contributed by atoms with van der Waals surface area (Å²) >= 11 is 0. The molecule has 0 aliphatic heterocycles. The molecule has 0 heterocycles. The van der Waals surface area contributed by atoms with Gasteiger partial charge in [-0.1, -0.05) is 30.3 Å². The predicted molar refractivity (Wildman–Crippen MR) is 75.1 cm³/mol. The van der Waals surface area contributed by atoms with Gasteiger partial charge in [0.1, 0.15) is 12.6 Å². The first kappa shape index (κ1) is 13.4. The van der Waals surface area contributed by atoms with Crippen molar-refractivity contribution >= 4 is 0 Å². The second-order valence-electron chi connectivity index (χ2n) is 4.65. The number of nitrogens with two attached hydrogens (primary N) is 1. The normalized spacial score (nSPS) is 12.1. The summed E-state index contributed by atoms with van der Waals surface area (Å²) in [5.41, 5.74) is 2.39. The van der Waals surface area contributed by atoms with E-state index in [4.69, 9.17) is 4.74 Å². The lowest BCUT2D eigenvalue weighted by Crippen LogP contribution is -2.83. The van der Waals surface area contributed by atoms with Crippen molar-refractivity contribution in [1.29, 1.82) is 0 Å². The number of hydrogen-bond acceptors (Lipinski definition) is 2. The smallest absolute Gasteiger partial charge is 0.160 e. The Bertz CT molecular complexity index is 526. The minimum atomic E-state index is 0.195. The molecule has 0 aromatic heterocycles. The number of rotatable bonds is 5. The Kier molecular flexibility index (Phi) is 4.42. The first-order chi connectivity index (χ1) is 9.20. The Morgan fingerprint density at radius 1 is 1.16 bits per heavy atom. The molecule has 0 saturated heterocycles. The van der Waals surface area contributed by atoms with Crippen molar-refractivity contribution in [3.8, 4) is 11.5 Å².